The van der Waals surface area contributed by atoms with Crippen molar-refractivity contribution in [2.75, 3.05) is 38.0 Å². The zero-order valence-corrected chi connectivity index (χ0v) is 26.2. The quantitative estimate of drug-likeness (QED) is 0.368. The Bertz CT molecular complexity index is 1440. The van der Waals surface area contributed by atoms with Crippen molar-refractivity contribution in [3.05, 3.63) is 54.1 Å². The molecule has 0 spiro atoms. The third-order valence-electron chi connectivity index (χ3n) is 8.37. The number of para-hydroxylation sites is 2. The zero-order valence-electron chi connectivity index (χ0n) is 25.4. The predicted molar refractivity (Wildman–Crippen MR) is 170 cm³/mol. The molecule has 1 saturated heterocycles. The number of anilines is 2. The molecule has 1 aliphatic carbocycles. The molecule has 2 heterocycles. The summed E-state index contributed by atoms with van der Waals surface area (Å²) in [7, 11) is 5.63. The molecule has 2 aromatic carbocycles. The highest BCUT2D eigenvalue weighted by atomic mass is 32.2. The maximum Gasteiger partial charge on any atom is 0.244 e. The van der Waals surface area contributed by atoms with Crippen molar-refractivity contribution in [1.29, 1.82) is 0 Å². The van der Waals surface area contributed by atoms with Gasteiger partial charge in [-0.25, -0.2) is 4.98 Å². The lowest BCUT2D eigenvalue weighted by Crippen LogP contribution is -2.53. The smallest absolute Gasteiger partial charge is 0.244 e. The second-order valence-electron chi connectivity index (χ2n) is 12.0. The summed E-state index contributed by atoms with van der Waals surface area (Å²) in [5, 5.41) is 7.52. The normalized spacial score (nSPS) is 23.4. The monoisotopic (exact) mass is 590 g/mol. The number of nitrogens with zero attached hydrogens (tertiary/aromatic N) is 4. The third kappa shape index (κ3) is 6.14. The van der Waals surface area contributed by atoms with Crippen LogP contribution in [0, 0.1) is 5.92 Å². The van der Waals surface area contributed by atoms with Gasteiger partial charge in [0.15, 0.2) is 0 Å². The van der Waals surface area contributed by atoms with Crippen molar-refractivity contribution < 1.29 is 14.3 Å². The maximum atomic E-state index is 13.7. The van der Waals surface area contributed by atoms with E-state index >= 15 is 0 Å². The summed E-state index contributed by atoms with van der Waals surface area (Å²) in [5.74, 6) is 2.44. The average Bonchev–Trinajstić information content (AvgIpc) is 3.27. The van der Waals surface area contributed by atoms with Gasteiger partial charge in [-0.1, -0.05) is 30.3 Å². The molecule has 0 radical (unpaired) electrons. The predicted octanol–water partition coefficient (Wildman–Crippen LogP) is 5.23. The van der Waals surface area contributed by atoms with Crippen LogP contribution in [0.1, 0.15) is 57.4 Å². The number of benzene rings is 2. The number of hydrogen-bond donors (Lipinski definition) is 2. The number of aromatic nitrogens is 2. The first-order valence-electron chi connectivity index (χ1n) is 14.7. The molecule has 3 aromatic rings. The Morgan fingerprint density at radius 3 is 2.43 bits per heavy atom. The van der Waals surface area contributed by atoms with Crippen molar-refractivity contribution >= 4 is 46.2 Å². The van der Waals surface area contributed by atoms with Crippen LogP contribution in [0.2, 0.25) is 0 Å². The molecule has 2 N–H and O–H groups in total. The van der Waals surface area contributed by atoms with E-state index in [1.54, 1.807) is 30.7 Å². The van der Waals surface area contributed by atoms with E-state index < -0.39 is 10.8 Å². The molecular formula is C32H42N6O3S. The topological polar surface area (TPSA) is 99.7 Å². The van der Waals surface area contributed by atoms with Crippen LogP contribution in [0.4, 0.5) is 11.8 Å². The Labute approximate surface area is 252 Å². The highest BCUT2D eigenvalue weighted by Crippen LogP contribution is 2.54. The van der Waals surface area contributed by atoms with Crippen LogP contribution in [0.5, 0.6) is 5.75 Å². The van der Waals surface area contributed by atoms with E-state index in [1.165, 1.54) is 0 Å². The second-order valence-corrected chi connectivity index (χ2v) is 13.8. The number of rotatable bonds is 8. The first-order valence-corrected chi connectivity index (χ1v) is 15.5. The lowest BCUT2D eigenvalue weighted by Gasteiger charge is -2.33. The lowest BCUT2D eigenvalue weighted by molar-refractivity contribution is -0.139. The Morgan fingerprint density at radius 2 is 1.74 bits per heavy atom. The van der Waals surface area contributed by atoms with Crippen molar-refractivity contribution in [1.82, 2.24) is 20.2 Å². The van der Waals surface area contributed by atoms with Gasteiger partial charge < -0.3 is 25.2 Å². The van der Waals surface area contributed by atoms with Gasteiger partial charge in [-0.05, 0) is 63.6 Å². The molecule has 0 bridgehead atoms. The highest BCUT2D eigenvalue weighted by Gasteiger charge is 2.53. The van der Waals surface area contributed by atoms with E-state index in [0.717, 1.165) is 53.7 Å². The van der Waals surface area contributed by atoms with Crippen LogP contribution in [-0.2, 0) is 9.59 Å². The molecule has 1 saturated carbocycles. The molecule has 1 aliphatic heterocycles. The molecule has 1 aromatic heterocycles. The van der Waals surface area contributed by atoms with E-state index in [2.05, 4.69) is 10.6 Å². The third-order valence-corrected chi connectivity index (χ3v) is 9.91. The van der Waals surface area contributed by atoms with Crippen LogP contribution < -0.4 is 20.3 Å². The second kappa shape index (κ2) is 12.4. The lowest BCUT2D eigenvalue weighted by atomic mass is 9.86. The SMILES string of the molecule is COc1ccccc1[C@@H]1SC(C)(C)[C@H](C(=O)NCC2CCC(Nc3nc(N(C)C)c4ccccc4n3)CC2)N1C(C)=O. The Kier molecular flexibility index (Phi) is 8.82. The van der Waals surface area contributed by atoms with Gasteiger partial charge in [0.05, 0.1) is 12.6 Å². The van der Waals surface area contributed by atoms with Gasteiger partial charge in [0.25, 0.3) is 0 Å². The summed E-state index contributed by atoms with van der Waals surface area (Å²) in [6, 6.07) is 15.5. The van der Waals surface area contributed by atoms with Gasteiger partial charge in [0.1, 0.15) is 23.0 Å². The summed E-state index contributed by atoms with van der Waals surface area (Å²) in [6.07, 6.45) is 3.95. The van der Waals surface area contributed by atoms with E-state index in [1.807, 2.05) is 81.4 Å². The van der Waals surface area contributed by atoms with Gasteiger partial charge in [-0.3, -0.25) is 9.59 Å². The fraction of sp³-hybridized carbons (Fsp3) is 0.500. The summed E-state index contributed by atoms with van der Waals surface area (Å²) in [6.45, 7) is 6.23. The standard InChI is InChI=1S/C32H42N6O3S/c1-20(39)38-27(32(2,3)42-30(38)24-12-8-10-14-26(24)41-6)29(40)33-19-21-15-17-22(18-16-21)34-31-35-25-13-9-7-11-23(25)28(36-31)37(4)5/h7-14,21-22,27,30H,15-19H2,1-6H3,(H,33,40)(H,34,35,36)/t21?,22?,27-,30-/m0/s1. The fourth-order valence-corrected chi connectivity index (χ4v) is 7.88. The number of amides is 2. The fourth-order valence-electron chi connectivity index (χ4n) is 6.25. The molecule has 2 atom stereocenters. The molecule has 2 amide bonds. The minimum Gasteiger partial charge on any atom is -0.496 e. The summed E-state index contributed by atoms with van der Waals surface area (Å²) in [4.78, 5) is 39.9. The molecule has 10 heteroatoms. The number of ether oxygens (including phenoxy) is 1. The largest absolute Gasteiger partial charge is 0.496 e. The van der Waals surface area contributed by atoms with Gasteiger partial charge >= 0.3 is 0 Å². The Hall–Kier alpha value is -3.53. The number of fused-ring (bicyclic) bond motifs is 1. The molecule has 42 heavy (non-hydrogen) atoms. The highest BCUT2D eigenvalue weighted by molar-refractivity contribution is 8.01. The maximum absolute atomic E-state index is 13.7. The first-order chi connectivity index (χ1) is 20.1. The number of thioether (sulfide) groups is 1. The van der Waals surface area contributed by atoms with Gasteiger partial charge in [0.2, 0.25) is 17.8 Å². The van der Waals surface area contributed by atoms with Crippen molar-refractivity contribution in [2.24, 2.45) is 5.92 Å². The van der Waals surface area contributed by atoms with Crippen LogP contribution in [0.3, 0.4) is 0 Å². The molecule has 5 rings (SSSR count). The molecule has 224 valence electrons. The summed E-state index contributed by atoms with van der Waals surface area (Å²) >= 11 is 1.63. The van der Waals surface area contributed by atoms with E-state index in [9.17, 15) is 9.59 Å². The first kappa shape index (κ1) is 29.9. The Morgan fingerprint density at radius 1 is 1.05 bits per heavy atom. The number of hydrogen-bond acceptors (Lipinski definition) is 8. The zero-order chi connectivity index (χ0) is 30.0. The minimum atomic E-state index is -0.580. The van der Waals surface area contributed by atoms with Gasteiger partial charge in [0, 0.05) is 49.3 Å². The van der Waals surface area contributed by atoms with E-state index in [-0.39, 0.29) is 23.2 Å². The average molecular weight is 591 g/mol. The summed E-state index contributed by atoms with van der Waals surface area (Å²) in [5.41, 5.74) is 1.83. The summed E-state index contributed by atoms with van der Waals surface area (Å²) < 4.78 is 5.13. The number of carbonyl (C=O) groups excluding carboxylic acids is 2. The van der Waals surface area contributed by atoms with Gasteiger partial charge in [-0.15, -0.1) is 11.8 Å². The van der Waals surface area contributed by atoms with Gasteiger partial charge in [-0.2, -0.15) is 4.98 Å². The number of carbonyl (C=O) groups is 2. The van der Waals surface area contributed by atoms with Crippen LogP contribution in [0.25, 0.3) is 10.9 Å². The molecule has 2 fully saturated rings. The molecule has 0 unspecified atom stereocenters. The van der Waals surface area contributed by atoms with Crippen molar-refractivity contribution in [3.63, 3.8) is 0 Å². The van der Waals surface area contributed by atoms with E-state index in [4.69, 9.17) is 14.7 Å². The molecule has 9 nitrogen and oxygen atoms in total. The number of nitrogens with one attached hydrogen (secondary N) is 2. The Balaban J connectivity index is 1.20. The minimum absolute atomic E-state index is 0.0962. The van der Waals surface area contributed by atoms with E-state index in [0.29, 0.717) is 18.4 Å². The van der Waals surface area contributed by atoms with Crippen LogP contribution >= 0.6 is 11.8 Å². The number of methoxy groups -OCH3 is 1. The van der Waals surface area contributed by atoms with Crippen LogP contribution in [-0.4, -0.2) is 71.3 Å². The van der Waals surface area contributed by atoms with Crippen LogP contribution in [0.15, 0.2) is 48.5 Å². The van der Waals surface area contributed by atoms with Crippen molar-refractivity contribution in [3.8, 4) is 5.75 Å². The van der Waals surface area contributed by atoms with Crippen molar-refractivity contribution in [2.45, 2.75) is 68.7 Å². The molecular weight excluding hydrogens is 548 g/mol. The molecule has 2 aliphatic rings.